The molecule has 26 heavy (non-hydrogen) atoms. The summed E-state index contributed by atoms with van der Waals surface area (Å²) in [5.41, 5.74) is 2.28. The van der Waals surface area contributed by atoms with Gasteiger partial charge < -0.3 is 15.4 Å². The third kappa shape index (κ3) is 4.17. The van der Waals surface area contributed by atoms with Crippen molar-refractivity contribution in [2.24, 2.45) is 0 Å². The summed E-state index contributed by atoms with van der Waals surface area (Å²) in [5.74, 6) is -0.518. The maximum absolute atomic E-state index is 12.5. The van der Waals surface area contributed by atoms with Crippen LogP contribution in [0.25, 0.3) is 0 Å². The van der Waals surface area contributed by atoms with E-state index in [0.717, 1.165) is 31.5 Å². The number of likely N-dealkylation sites (tertiary alicyclic amines) is 1. The molecule has 7 heteroatoms. The molecule has 1 aromatic carbocycles. The number of nitrogens with one attached hydrogen (secondary N) is 2. The van der Waals surface area contributed by atoms with Crippen molar-refractivity contribution in [1.82, 2.24) is 14.9 Å². The molecule has 2 aromatic rings. The zero-order chi connectivity index (χ0) is 18.7. The van der Waals surface area contributed by atoms with Crippen molar-refractivity contribution in [2.45, 2.75) is 39.3 Å². The van der Waals surface area contributed by atoms with Crippen LogP contribution in [0, 0.1) is 13.8 Å². The fraction of sp³-hybridized carbons (Fsp3) is 0.421. The van der Waals surface area contributed by atoms with Crippen LogP contribution in [0.2, 0.25) is 0 Å². The molecule has 0 aliphatic carbocycles. The average Bonchev–Trinajstić information content (AvgIpc) is 2.61. The molecule has 138 valence electrons. The number of amides is 1. The normalized spacial score (nSPS) is 15.8. The molecule has 1 saturated heterocycles. The number of nitrogens with zero attached hydrogens (tertiary/aromatic N) is 2. The lowest BCUT2D eigenvalue weighted by atomic mass is 10.1. The first-order valence-corrected chi connectivity index (χ1v) is 8.81. The Bertz CT molecular complexity index is 854. The number of benzene rings is 1. The summed E-state index contributed by atoms with van der Waals surface area (Å²) in [7, 11) is 0. The SMILES string of the molecule is Cc1nc(C(=O)Nc2ccccc2CN2CCC(O)CC2)c(=O)[nH]c1C. The summed E-state index contributed by atoms with van der Waals surface area (Å²) in [6.45, 7) is 5.82. The Balaban J connectivity index is 1.77. The summed E-state index contributed by atoms with van der Waals surface area (Å²) >= 11 is 0. The molecule has 0 radical (unpaired) electrons. The molecule has 2 heterocycles. The fourth-order valence-corrected chi connectivity index (χ4v) is 3.06. The van der Waals surface area contributed by atoms with E-state index in [2.05, 4.69) is 20.2 Å². The largest absolute Gasteiger partial charge is 0.393 e. The lowest BCUT2D eigenvalue weighted by Gasteiger charge is -2.30. The van der Waals surface area contributed by atoms with Crippen molar-refractivity contribution >= 4 is 11.6 Å². The molecule has 1 aliphatic rings. The van der Waals surface area contributed by atoms with E-state index < -0.39 is 11.5 Å². The van der Waals surface area contributed by atoms with E-state index in [-0.39, 0.29) is 11.8 Å². The third-order valence-corrected chi connectivity index (χ3v) is 4.77. The Hall–Kier alpha value is -2.51. The molecular formula is C19H24N4O3. The molecule has 0 saturated carbocycles. The summed E-state index contributed by atoms with van der Waals surface area (Å²) in [5, 5.41) is 12.5. The van der Waals surface area contributed by atoms with Crippen LogP contribution >= 0.6 is 0 Å². The molecule has 0 spiro atoms. The topological polar surface area (TPSA) is 98.3 Å². The number of carbonyl (C=O) groups is 1. The summed E-state index contributed by atoms with van der Waals surface area (Å²) in [6.07, 6.45) is 1.30. The highest BCUT2D eigenvalue weighted by Gasteiger charge is 2.19. The second-order valence-electron chi connectivity index (χ2n) is 6.74. The van der Waals surface area contributed by atoms with E-state index in [1.54, 1.807) is 13.8 Å². The minimum absolute atomic E-state index is 0.135. The first-order chi connectivity index (χ1) is 12.4. The molecule has 0 unspecified atom stereocenters. The van der Waals surface area contributed by atoms with Crippen molar-refractivity contribution in [3.63, 3.8) is 0 Å². The predicted molar refractivity (Wildman–Crippen MR) is 99.2 cm³/mol. The Morgan fingerprint density at radius 3 is 2.73 bits per heavy atom. The van der Waals surface area contributed by atoms with Gasteiger partial charge in [-0.1, -0.05) is 18.2 Å². The Morgan fingerprint density at radius 1 is 1.31 bits per heavy atom. The number of aromatic amines is 1. The molecule has 1 amide bonds. The number of anilines is 1. The monoisotopic (exact) mass is 356 g/mol. The quantitative estimate of drug-likeness (QED) is 0.773. The molecule has 0 atom stereocenters. The smallest absolute Gasteiger partial charge is 0.280 e. The minimum atomic E-state index is -0.518. The lowest BCUT2D eigenvalue weighted by Crippen LogP contribution is -2.35. The van der Waals surface area contributed by atoms with E-state index in [0.29, 0.717) is 23.6 Å². The second kappa shape index (κ2) is 7.80. The lowest BCUT2D eigenvalue weighted by molar-refractivity contribution is 0.0793. The molecule has 1 aliphatic heterocycles. The van der Waals surface area contributed by atoms with Crippen LogP contribution in [-0.2, 0) is 6.54 Å². The van der Waals surface area contributed by atoms with Gasteiger partial charge in [0.1, 0.15) is 0 Å². The number of rotatable bonds is 4. The zero-order valence-corrected chi connectivity index (χ0v) is 15.1. The third-order valence-electron chi connectivity index (χ3n) is 4.77. The van der Waals surface area contributed by atoms with Gasteiger partial charge in [-0.3, -0.25) is 14.5 Å². The number of hydrogen-bond acceptors (Lipinski definition) is 5. The summed E-state index contributed by atoms with van der Waals surface area (Å²) in [6, 6.07) is 7.54. The van der Waals surface area contributed by atoms with E-state index in [4.69, 9.17) is 0 Å². The van der Waals surface area contributed by atoms with Crippen LogP contribution in [0.3, 0.4) is 0 Å². The standard InChI is InChI=1S/C19H24N4O3/c1-12-13(2)21-18(25)17(20-12)19(26)22-16-6-4-3-5-14(16)11-23-9-7-15(24)8-10-23/h3-6,15,24H,7-11H2,1-2H3,(H,21,25)(H,22,26). The van der Waals surface area contributed by atoms with Crippen LogP contribution in [0.5, 0.6) is 0 Å². The molecule has 1 aromatic heterocycles. The van der Waals surface area contributed by atoms with Gasteiger partial charge in [0.05, 0.1) is 11.8 Å². The molecule has 7 nitrogen and oxygen atoms in total. The molecular weight excluding hydrogens is 332 g/mol. The van der Waals surface area contributed by atoms with Gasteiger partial charge in [0.2, 0.25) is 0 Å². The maximum atomic E-state index is 12.5. The molecule has 3 N–H and O–H groups in total. The van der Waals surface area contributed by atoms with Gasteiger partial charge in [-0.15, -0.1) is 0 Å². The Labute approximate surface area is 152 Å². The van der Waals surface area contributed by atoms with Crippen LogP contribution in [0.4, 0.5) is 5.69 Å². The van der Waals surface area contributed by atoms with Crippen LogP contribution in [-0.4, -0.2) is 45.1 Å². The van der Waals surface area contributed by atoms with Crippen LogP contribution < -0.4 is 10.9 Å². The van der Waals surface area contributed by atoms with Crippen molar-refractivity contribution in [1.29, 1.82) is 0 Å². The van der Waals surface area contributed by atoms with Crippen LogP contribution in [0.1, 0.15) is 40.3 Å². The Kier molecular flexibility index (Phi) is 5.49. The van der Waals surface area contributed by atoms with Gasteiger partial charge in [-0.2, -0.15) is 0 Å². The van der Waals surface area contributed by atoms with Crippen molar-refractivity contribution in [3.05, 3.63) is 57.3 Å². The van der Waals surface area contributed by atoms with Gasteiger partial charge in [0.15, 0.2) is 5.69 Å². The number of aliphatic hydroxyl groups excluding tert-OH is 1. The molecule has 1 fully saturated rings. The molecule has 3 rings (SSSR count). The first kappa shape index (κ1) is 18.3. The number of aliphatic hydroxyl groups is 1. The number of aryl methyl sites for hydroxylation is 2. The van der Waals surface area contributed by atoms with E-state index in [1.807, 2.05) is 24.3 Å². The van der Waals surface area contributed by atoms with Crippen molar-refractivity contribution in [2.75, 3.05) is 18.4 Å². The summed E-state index contributed by atoms with van der Waals surface area (Å²) in [4.78, 5) is 33.6. The second-order valence-corrected chi connectivity index (χ2v) is 6.74. The van der Waals surface area contributed by atoms with Gasteiger partial charge in [-0.05, 0) is 38.3 Å². The highest BCUT2D eigenvalue weighted by molar-refractivity contribution is 6.03. The number of H-pyrrole nitrogens is 1. The zero-order valence-electron chi connectivity index (χ0n) is 15.1. The van der Waals surface area contributed by atoms with Crippen molar-refractivity contribution < 1.29 is 9.90 Å². The number of aromatic nitrogens is 2. The fourth-order valence-electron chi connectivity index (χ4n) is 3.06. The first-order valence-electron chi connectivity index (χ1n) is 8.81. The molecule has 0 bridgehead atoms. The highest BCUT2D eigenvalue weighted by atomic mass is 16.3. The van der Waals surface area contributed by atoms with Gasteiger partial charge in [0.25, 0.3) is 11.5 Å². The number of para-hydroxylation sites is 1. The Morgan fingerprint density at radius 2 is 2.00 bits per heavy atom. The van der Waals surface area contributed by atoms with Gasteiger partial charge >= 0.3 is 0 Å². The van der Waals surface area contributed by atoms with E-state index in [9.17, 15) is 14.7 Å². The maximum Gasteiger partial charge on any atom is 0.280 e. The van der Waals surface area contributed by atoms with E-state index in [1.165, 1.54) is 0 Å². The average molecular weight is 356 g/mol. The minimum Gasteiger partial charge on any atom is -0.393 e. The summed E-state index contributed by atoms with van der Waals surface area (Å²) < 4.78 is 0. The van der Waals surface area contributed by atoms with Gasteiger partial charge in [-0.25, -0.2) is 4.98 Å². The number of piperidine rings is 1. The highest BCUT2D eigenvalue weighted by Crippen LogP contribution is 2.20. The number of hydrogen-bond donors (Lipinski definition) is 3. The van der Waals surface area contributed by atoms with Crippen molar-refractivity contribution in [3.8, 4) is 0 Å². The number of carbonyl (C=O) groups excluding carboxylic acids is 1. The van der Waals surface area contributed by atoms with Crippen LogP contribution in [0.15, 0.2) is 29.1 Å². The van der Waals surface area contributed by atoms with Gasteiger partial charge in [0, 0.05) is 31.0 Å². The predicted octanol–water partition coefficient (Wildman–Crippen LogP) is 1.60. The van der Waals surface area contributed by atoms with E-state index >= 15 is 0 Å².